The molecule has 9 nitrogen and oxygen atoms in total. The molecule has 0 aliphatic heterocycles. The Labute approximate surface area is 129 Å². The molecule has 1 rings (SSSR count). The molecule has 10 heteroatoms. The van der Waals surface area contributed by atoms with E-state index in [1.54, 1.807) is 0 Å². The van der Waals surface area contributed by atoms with Gasteiger partial charge < -0.3 is 20.0 Å². The number of carboxylic acids is 1. The van der Waals surface area contributed by atoms with E-state index < -0.39 is 23.3 Å². The maximum Gasteiger partial charge on any atom is 0.360 e. The third kappa shape index (κ3) is 4.52. The van der Waals surface area contributed by atoms with Crippen molar-refractivity contribution in [3.05, 3.63) is 11.1 Å². The van der Waals surface area contributed by atoms with Crippen LogP contribution in [0.25, 0.3) is 0 Å². The monoisotopic (exact) mass is 329 g/mol. The van der Waals surface area contributed by atoms with Crippen LogP contribution in [0, 0.1) is 0 Å². The number of thiazole rings is 1. The Morgan fingerprint density at radius 3 is 2.55 bits per heavy atom. The van der Waals surface area contributed by atoms with Gasteiger partial charge in [-0.1, -0.05) is 5.16 Å². The van der Waals surface area contributed by atoms with Crippen molar-refractivity contribution in [3.63, 3.8) is 0 Å². The van der Waals surface area contributed by atoms with Crippen molar-refractivity contribution in [3.8, 4) is 0 Å². The first kappa shape index (κ1) is 17.6. The van der Waals surface area contributed by atoms with Crippen molar-refractivity contribution >= 4 is 40.0 Å². The highest BCUT2D eigenvalue weighted by Crippen LogP contribution is 2.18. The molecule has 1 heterocycles. The molecular formula is C12H15N3O6S. The zero-order valence-corrected chi connectivity index (χ0v) is 13.2. The number of nitrogens with zero attached hydrogens (tertiary/aromatic N) is 2. The maximum absolute atomic E-state index is 11.5. The van der Waals surface area contributed by atoms with Crippen molar-refractivity contribution < 1.29 is 29.1 Å². The molecule has 1 amide bonds. The van der Waals surface area contributed by atoms with E-state index in [4.69, 9.17) is 9.94 Å². The van der Waals surface area contributed by atoms with Gasteiger partial charge in [0.05, 0.1) is 7.11 Å². The summed E-state index contributed by atoms with van der Waals surface area (Å²) in [5.74, 6) is -2.43. The number of carbonyl (C=O) groups excluding carboxylic acids is 2. The predicted molar refractivity (Wildman–Crippen MR) is 77.8 cm³/mol. The molecule has 22 heavy (non-hydrogen) atoms. The molecule has 0 bridgehead atoms. The normalized spacial score (nSPS) is 11.7. The number of esters is 1. The molecule has 0 aromatic carbocycles. The number of amides is 1. The average molecular weight is 329 g/mol. The van der Waals surface area contributed by atoms with Gasteiger partial charge in [-0.2, -0.15) is 0 Å². The van der Waals surface area contributed by atoms with Gasteiger partial charge in [-0.3, -0.25) is 4.79 Å². The van der Waals surface area contributed by atoms with Gasteiger partial charge in [0.1, 0.15) is 5.69 Å². The van der Waals surface area contributed by atoms with Crippen LogP contribution in [0.1, 0.15) is 26.5 Å². The van der Waals surface area contributed by atoms with E-state index in [0.29, 0.717) is 0 Å². The molecule has 0 aliphatic rings. The number of aromatic nitrogens is 1. The lowest BCUT2D eigenvalue weighted by atomic mass is 10.1. The van der Waals surface area contributed by atoms with Gasteiger partial charge >= 0.3 is 11.9 Å². The Morgan fingerprint density at radius 1 is 1.41 bits per heavy atom. The summed E-state index contributed by atoms with van der Waals surface area (Å²) in [6, 6.07) is 0. The Bertz CT molecular complexity index is 622. The number of hydrogen-bond donors (Lipinski definition) is 2. The summed E-state index contributed by atoms with van der Waals surface area (Å²) in [5, 5.41) is 16.7. The van der Waals surface area contributed by atoms with Gasteiger partial charge in [0.15, 0.2) is 5.13 Å². The second-order valence-electron chi connectivity index (χ2n) is 4.56. The van der Waals surface area contributed by atoms with Crippen molar-refractivity contribution in [2.45, 2.75) is 26.4 Å². The van der Waals surface area contributed by atoms with Crippen molar-refractivity contribution in [1.82, 2.24) is 4.98 Å². The number of oxime groups is 1. The minimum Gasteiger partial charge on any atom is -0.476 e. The van der Waals surface area contributed by atoms with Crippen LogP contribution < -0.4 is 5.32 Å². The molecule has 120 valence electrons. The fourth-order valence-corrected chi connectivity index (χ4v) is 1.97. The zero-order valence-electron chi connectivity index (χ0n) is 12.4. The molecule has 1 aromatic heterocycles. The largest absolute Gasteiger partial charge is 0.476 e. The van der Waals surface area contributed by atoms with E-state index in [2.05, 4.69) is 20.2 Å². The number of hydrogen-bond acceptors (Lipinski definition) is 8. The zero-order chi connectivity index (χ0) is 16.9. The maximum atomic E-state index is 11.5. The van der Waals surface area contributed by atoms with Gasteiger partial charge in [-0.05, 0) is 13.8 Å². The fourth-order valence-electron chi connectivity index (χ4n) is 1.23. The summed E-state index contributed by atoms with van der Waals surface area (Å²) < 4.78 is 4.52. The van der Waals surface area contributed by atoms with Crippen molar-refractivity contribution in [2.24, 2.45) is 5.16 Å². The summed E-state index contributed by atoms with van der Waals surface area (Å²) in [6.45, 7) is 4.06. The van der Waals surface area contributed by atoms with E-state index in [9.17, 15) is 14.4 Å². The topological polar surface area (TPSA) is 127 Å². The van der Waals surface area contributed by atoms with Crippen LogP contribution in [0.5, 0.6) is 0 Å². The van der Waals surface area contributed by atoms with Crippen LogP contribution in [0.2, 0.25) is 0 Å². The number of nitrogens with one attached hydrogen (secondary N) is 1. The summed E-state index contributed by atoms with van der Waals surface area (Å²) in [6.07, 6.45) is 0. The minimum absolute atomic E-state index is 0.00177. The van der Waals surface area contributed by atoms with Crippen LogP contribution in [0.3, 0.4) is 0 Å². The lowest BCUT2D eigenvalue weighted by Crippen LogP contribution is -2.35. The first-order valence-electron chi connectivity index (χ1n) is 5.98. The van der Waals surface area contributed by atoms with E-state index in [-0.39, 0.29) is 16.7 Å². The van der Waals surface area contributed by atoms with Crippen LogP contribution in [-0.2, 0) is 24.0 Å². The predicted octanol–water partition coefficient (Wildman–Crippen LogP) is 0.858. The van der Waals surface area contributed by atoms with E-state index in [1.165, 1.54) is 33.3 Å². The number of carboxylic acid groups (broad SMARTS) is 1. The standard InChI is InChI=1S/C12H15N3O6S/c1-6(16)13-11-14-7(5-22-11)8(9(17)18)15-21-12(2,3)10(19)20-4/h5H,1-4H3,(H,17,18)(H,13,14,16)/b15-8+. The lowest BCUT2D eigenvalue weighted by molar-refractivity contribution is -0.165. The minimum atomic E-state index is -1.45. The van der Waals surface area contributed by atoms with E-state index in [0.717, 1.165) is 11.3 Å². The third-order valence-electron chi connectivity index (χ3n) is 2.27. The molecule has 0 radical (unpaired) electrons. The Kier molecular flexibility index (Phi) is 5.57. The lowest BCUT2D eigenvalue weighted by Gasteiger charge is -2.18. The molecule has 1 aromatic rings. The summed E-state index contributed by atoms with van der Waals surface area (Å²) in [4.78, 5) is 42.5. The van der Waals surface area contributed by atoms with Crippen LogP contribution in [0.15, 0.2) is 10.5 Å². The smallest absolute Gasteiger partial charge is 0.360 e. The van der Waals surface area contributed by atoms with Crippen LogP contribution in [0.4, 0.5) is 5.13 Å². The van der Waals surface area contributed by atoms with Crippen molar-refractivity contribution in [2.75, 3.05) is 12.4 Å². The Hall–Kier alpha value is -2.49. The Balaban J connectivity index is 3.01. The molecule has 0 saturated carbocycles. The molecule has 0 unspecified atom stereocenters. The second-order valence-corrected chi connectivity index (χ2v) is 5.42. The highest BCUT2D eigenvalue weighted by molar-refractivity contribution is 7.14. The number of ether oxygens (including phenoxy) is 1. The molecule has 0 spiro atoms. The summed E-state index contributed by atoms with van der Waals surface area (Å²) >= 11 is 1.03. The molecule has 2 N–H and O–H groups in total. The van der Waals surface area contributed by atoms with E-state index >= 15 is 0 Å². The number of methoxy groups -OCH3 is 1. The molecule has 0 saturated heterocycles. The SMILES string of the molecule is COC(=O)C(C)(C)O/N=C(/C(=O)O)c1csc(NC(C)=O)n1. The van der Waals surface area contributed by atoms with Gasteiger partial charge in [0.25, 0.3) is 0 Å². The van der Waals surface area contributed by atoms with Crippen molar-refractivity contribution in [1.29, 1.82) is 0 Å². The van der Waals surface area contributed by atoms with Crippen LogP contribution in [-0.4, -0.2) is 46.4 Å². The highest BCUT2D eigenvalue weighted by Gasteiger charge is 2.32. The third-order valence-corrected chi connectivity index (χ3v) is 3.03. The fraction of sp³-hybridized carbons (Fsp3) is 0.417. The molecular weight excluding hydrogens is 314 g/mol. The quantitative estimate of drug-likeness (QED) is 0.450. The van der Waals surface area contributed by atoms with Gasteiger partial charge in [-0.25, -0.2) is 14.6 Å². The van der Waals surface area contributed by atoms with Gasteiger partial charge in [0.2, 0.25) is 17.2 Å². The highest BCUT2D eigenvalue weighted by atomic mass is 32.1. The van der Waals surface area contributed by atoms with Gasteiger partial charge in [-0.15, -0.1) is 11.3 Å². The first-order valence-corrected chi connectivity index (χ1v) is 6.86. The Morgan fingerprint density at radius 2 is 2.05 bits per heavy atom. The summed E-state index contributed by atoms with van der Waals surface area (Å²) in [5.41, 5.74) is -1.95. The molecule has 0 atom stereocenters. The summed E-state index contributed by atoms with van der Waals surface area (Å²) in [7, 11) is 1.18. The number of anilines is 1. The van der Waals surface area contributed by atoms with Crippen LogP contribution >= 0.6 is 11.3 Å². The second kappa shape index (κ2) is 6.98. The van der Waals surface area contributed by atoms with E-state index in [1.807, 2.05) is 0 Å². The number of rotatable bonds is 6. The van der Waals surface area contributed by atoms with Gasteiger partial charge in [0, 0.05) is 12.3 Å². The first-order chi connectivity index (χ1) is 10.2. The molecule has 0 aliphatic carbocycles. The molecule has 0 fully saturated rings. The number of aliphatic carboxylic acids is 1. The number of carbonyl (C=O) groups is 3. The average Bonchev–Trinajstić information content (AvgIpc) is 2.84.